The molecule has 2 atom stereocenters. The van der Waals surface area contributed by atoms with E-state index in [1.807, 2.05) is 0 Å². The Morgan fingerprint density at radius 3 is 2.88 bits per heavy atom. The fourth-order valence-electron chi connectivity index (χ4n) is 1.93. The minimum absolute atomic E-state index is 0.0270. The van der Waals surface area contributed by atoms with Crippen LogP contribution in [-0.4, -0.2) is 29.2 Å². The van der Waals surface area contributed by atoms with Crippen LogP contribution in [0, 0.1) is 0 Å². The molecule has 0 aliphatic heterocycles. The lowest BCUT2D eigenvalue weighted by Gasteiger charge is -2.28. The normalized spacial score (nSPS) is 24.4. The first kappa shape index (κ1) is 12.4. The predicted octanol–water partition coefficient (Wildman–Crippen LogP) is 1.79. The molecule has 1 aromatic rings. The van der Waals surface area contributed by atoms with E-state index in [1.165, 1.54) is 13.3 Å². The van der Waals surface area contributed by atoms with E-state index in [1.54, 1.807) is 0 Å². The highest BCUT2D eigenvalue weighted by atomic mass is 35.5. The van der Waals surface area contributed by atoms with Gasteiger partial charge in [0.2, 0.25) is 5.88 Å². The van der Waals surface area contributed by atoms with Gasteiger partial charge in [-0.3, -0.25) is 0 Å². The van der Waals surface area contributed by atoms with Crippen LogP contribution < -0.4 is 15.2 Å². The molecule has 17 heavy (non-hydrogen) atoms. The minimum atomic E-state index is -0.0270. The molecule has 0 spiro atoms. The molecular formula is C11H16ClN3O2. The summed E-state index contributed by atoms with van der Waals surface area (Å²) in [4.78, 5) is 7.97. The largest absolute Gasteiger partial charge is 0.471 e. The van der Waals surface area contributed by atoms with Crippen LogP contribution in [0.25, 0.3) is 0 Å². The Kier molecular flexibility index (Phi) is 4.02. The van der Waals surface area contributed by atoms with Gasteiger partial charge < -0.3 is 15.2 Å². The average molecular weight is 258 g/mol. The number of methoxy groups -OCH3 is 1. The molecule has 1 heterocycles. The summed E-state index contributed by atoms with van der Waals surface area (Å²) in [5.41, 5.74) is 6.00. The van der Waals surface area contributed by atoms with E-state index in [9.17, 15) is 0 Å². The molecule has 0 radical (unpaired) electrons. The fourth-order valence-corrected chi connectivity index (χ4v) is 2.07. The Balaban J connectivity index is 2.11. The average Bonchev–Trinajstić information content (AvgIpc) is 2.35. The summed E-state index contributed by atoms with van der Waals surface area (Å²) in [6, 6.07) is 0.287. The molecule has 0 saturated heterocycles. The fraction of sp³-hybridized carbons (Fsp3) is 0.636. The number of nitrogens with two attached hydrogens (primary N) is 1. The highest BCUT2D eigenvalue weighted by molar-refractivity contribution is 6.31. The summed E-state index contributed by atoms with van der Waals surface area (Å²) in [6.07, 6.45) is 5.63. The van der Waals surface area contributed by atoms with Gasteiger partial charge in [0.25, 0.3) is 0 Å². The zero-order valence-corrected chi connectivity index (χ0v) is 10.5. The van der Waals surface area contributed by atoms with Gasteiger partial charge in [-0.15, -0.1) is 0 Å². The van der Waals surface area contributed by atoms with Crippen LogP contribution in [0.2, 0.25) is 5.02 Å². The van der Waals surface area contributed by atoms with Gasteiger partial charge in [-0.2, -0.15) is 4.98 Å². The van der Waals surface area contributed by atoms with Crippen LogP contribution >= 0.6 is 11.6 Å². The molecule has 1 aliphatic rings. The molecule has 2 N–H and O–H groups in total. The van der Waals surface area contributed by atoms with Crippen molar-refractivity contribution in [3.05, 3.63) is 11.2 Å². The van der Waals surface area contributed by atoms with E-state index in [4.69, 9.17) is 26.8 Å². The maximum Gasteiger partial charge on any atom is 0.319 e. The van der Waals surface area contributed by atoms with E-state index in [0.717, 1.165) is 25.7 Å². The number of rotatable bonds is 3. The zero-order valence-electron chi connectivity index (χ0n) is 9.73. The molecule has 0 bridgehead atoms. The molecule has 2 rings (SSSR count). The summed E-state index contributed by atoms with van der Waals surface area (Å²) in [6.45, 7) is 0. The van der Waals surface area contributed by atoms with Crippen molar-refractivity contribution in [1.29, 1.82) is 0 Å². The van der Waals surface area contributed by atoms with Gasteiger partial charge in [-0.1, -0.05) is 18.0 Å². The van der Waals surface area contributed by atoms with Crippen molar-refractivity contribution in [3.8, 4) is 11.9 Å². The monoisotopic (exact) mass is 257 g/mol. The Hall–Kier alpha value is -1.07. The van der Waals surface area contributed by atoms with Crippen LogP contribution in [-0.2, 0) is 0 Å². The molecule has 0 amide bonds. The number of hydrogen-bond acceptors (Lipinski definition) is 5. The number of ether oxygens (including phenoxy) is 2. The highest BCUT2D eigenvalue weighted by Gasteiger charge is 2.24. The molecule has 1 saturated carbocycles. The molecule has 1 fully saturated rings. The maximum absolute atomic E-state index is 6.00. The lowest BCUT2D eigenvalue weighted by molar-refractivity contribution is 0.125. The summed E-state index contributed by atoms with van der Waals surface area (Å²) in [5, 5.41) is 0.378. The van der Waals surface area contributed by atoms with Crippen molar-refractivity contribution in [2.75, 3.05) is 7.11 Å². The third-order valence-corrected chi connectivity index (χ3v) is 3.15. The standard InChI is InChI=1S/C11H16ClN3O2/c1-16-11-14-6-7(12)10(15-11)17-9-5-3-2-4-8(9)13/h6,8-9H,2-5,13H2,1H3. The quantitative estimate of drug-likeness (QED) is 0.894. The zero-order chi connectivity index (χ0) is 12.3. The topological polar surface area (TPSA) is 70.3 Å². The first-order chi connectivity index (χ1) is 8.20. The smallest absolute Gasteiger partial charge is 0.319 e. The molecule has 6 heteroatoms. The van der Waals surface area contributed by atoms with Crippen molar-refractivity contribution in [2.24, 2.45) is 5.73 Å². The van der Waals surface area contributed by atoms with Crippen LogP contribution in [0.1, 0.15) is 25.7 Å². The second kappa shape index (κ2) is 5.51. The van der Waals surface area contributed by atoms with Gasteiger partial charge in [0.1, 0.15) is 11.1 Å². The summed E-state index contributed by atoms with van der Waals surface area (Å²) in [7, 11) is 1.50. The Morgan fingerprint density at radius 1 is 1.41 bits per heavy atom. The lowest BCUT2D eigenvalue weighted by atomic mass is 9.93. The van der Waals surface area contributed by atoms with Gasteiger partial charge in [0, 0.05) is 6.04 Å². The number of hydrogen-bond donors (Lipinski definition) is 1. The second-order valence-corrected chi connectivity index (χ2v) is 4.52. The first-order valence-electron chi connectivity index (χ1n) is 5.69. The van der Waals surface area contributed by atoms with Crippen LogP contribution in [0.5, 0.6) is 11.9 Å². The van der Waals surface area contributed by atoms with Gasteiger partial charge in [0.05, 0.1) is 13.3 Å². The summed E-state index contributed by atoms with van der Waals surface area (Å²) >= 11 is 5.97. The van der Waals surface area contributed by atoms with E-state index >= 15 is 0 Å². The van der Waals surface area contributed by atoms with E-state index in [-0.39, 0.29) is 18.2 Å². The van der Waals surface area contributed by atoms with Crippen molar-refractivity contribution in [2.45, 2.75) is 37.8 Å². The van der Waals surface area contributed by atoms with Crippen LogP contribution in [0.4, 0.5) is 0 Å². The first-order valence-corrected chi connectivity index (χ1v) is 6.07. The molecule has 94 valence electrons. The molecule has 5 nitrogen and oxygen atoms in total. The number of nitrogens with zero attached hydrogens (tertiary/aromatic N) is 2. The predicted molar refractivity (Wildman–Crippen MR) is 64.5 cm³/mol. The van der Waals surface area contributed by atoms with Gasteiger partial charge in [-0.25, -0.2) is 4.98 Å². The van der Waals surface area contributed by atoms with Crippen molar-refractivity contribution >= 4 is 11.6 Å². The van der Waals surface area contributed by atoms with E-state index in [2.05, 4.69) is 9.97 Å². The maximum atomic E-state index is 6.00. The van der Waals surface area contributed by atoms with E-state index in [0.29, 0.717) is 10.9 Å². The number of aromatic nitrogens is 2. The summed E-state index contributed by atoms with van der Waals surface area (Å²) < 4.78 is 10.7. The Labute approximate surface area is 105 Å². The van der Waals surface area contributed by atoms with E-state index < -0.39 is 0 Å². The second-order valence-electron chi connectivity index (χ2n) is 4.11. The van der Waals surface area contributed by atoms with Crippen LogP contribution in [0.3, 0.4) is 0 Å². The minimum Gasteiger partial charge on any atom is -0.471 e. The van der Waals surface area contributed by atoms with Crippen molar-refractivity contribution in [3.63, 3.8) is 0 Å². The van der Waals surface area contributed by atoms with Gasteiger partial charge >= 0.3 is 6.01 Å². The molecule has 1 aliphatic carbocycles. The molecular weight excluding hydrogens is 242 g/mol. The summed E-state index contributed by atoms with van der Waals surface area (Å²) in [5.74, 6) is 0.348. The molecule has 2 unspecified atom stereocenters. The molecule has 0 aromatic carbocycles. The Morgan fingerprint density at radius 2 is 2.18 bits per heavy atom. The Bertz CT molecular complexity index is 389. The lowest BCUT2D eigenvalue weighted by Crippen LogP contribution is -2.41. The third kappa shape index (κ3) is 2.98. The number of halogens is 1. The third-order valence-electron chi connectivity index (χ3n) is 2.89. The van der Waals surface area contributed by atoms with Crippen LogP contribution in [0.15, 0.2) is 6.20 Å². The highest BCUT2D eigenvalue weighted by Crippen LogP contribution is 2.27. The van der Waals surface area contributed by atoms with Gasteiger partial charge in [0.15, 0.2) is 0 Å². The molecule has 1 aromatic heterocycles. The van der Waals surface area contributed by atoms with Crippen molar-refractivity contribution in [1.82, 2.24) is 9.97 Å². The SMILES string of the molecule is COc1ncc(Cl)c(OC2CCCCC2N)n1. The van der Waals surface area contributed by atoms with Crippen molar-refractivity contribution < 1.29 is 9.47 Å². The van der Waals surface area contributed by atoms with Gasteiger partial charge in [-0.05, 0) is 19.3 Å².